The van der Waals surface area contributed by atoms with Crippen LogP contribution >= 0.6 is 24.8 Å². The van der Waals surface area contributed by atoms with Crippen molar-refractivity contribution in [2.45, 2.75) is 0 Å². The molecule has 0 aliphatic carbocycles. The average Bonchev–Trinajstić information content (AvgIpc) is 1.59. The van der Waals surface area contributed by atoms with Crippen LogP contribution in [0.2, 0.25) is 0 Å². The van der Waals surface area contributed by atoms with E-state index in [-0.39, 0.29) is 24.8 Å². The molecule has 0 aliphatic heterocycles. The maximum absolute atomic E-state index is 10.2. The molecule has 0 saturated heterocycles. The molecule has 0 aromatic carbocycles. The van der Waals surface area contributed by atoms with Crippen LogP contribution < -0.4 is 10.5 Å². The minimum absolute atomic E-state index is 0. The van der Waals surface area contributed by atoms with Gasteiger partial charge >= 0.3 is 0 Å². The maximum Gasteiger partial charge on any atom is 0.208 e. The van der Waals surface area contributed by atoms with Gasteiger partial charge in [-0.05, 0) is 0 Å². The number of halogens is 2. The summed E-state index contributed by atoms with van der Waals surface area (Å²) in [6, 6.07) is 0. The van der Waals surface area contributed by atoms with Gasteiger partial charge in [0.15, 0.2) is 0 Å². The fourth-order valence-electron chi connectivity index (χ4n) is 0.244. The van der Waals surface area contributed by atoms with Crippen LogP contribution in [-0.2, 0) is 10.0 Å². The third-order valence-corrected chi connectivity index (χ3v) is 1.24. The summed E-state index contributed by atoms with van der Waals surface area (Å²) in [4.78, 5) is 0. The molecule has 0 fully saturated rings. The zero-order valence-electron chi connectivity index (χ0n) is 5.53. The molecule has 0 atom stereocenters. The highest BCUT2D eigenvalue weighted by Gasteiger charge is 1.94. The molecule has 10 heavy (non-hydrogen) atoms. The van der Waals surface area contributed by atoms with Gasteiger partial charge in [-0.25, -0.2) is 13.1 Å². The van der Waals surface area contributed by atoms with Crippen molar-refractivity contribution in [1.29, 1.82) is 0 Å². The van der Waals surface area contributed by atoms with E-state index in [4.69, 9.17) is 5.73 Å². The Balaban J connectivity index is -0.000000245. The van der Waals surface area contributed by atoms with Gasteiger partial charge in [0.1, 0.15) is 0 Å². The van der Waals surface area contributed by atoms with Crippen LogP contribution in [0.15, 0.2) is 0 Å². The minimum atomic E-state index is -3.02. The number of sulfonamides is 1. The fourth-order valence-corrected chi connectivity index (χ4v) is 0.733. The van der Waals surface area contributed by atoms with Gasteiger partial charge in [-0.2, -0.15) is 0 Å². The topological polar surface area (TPSA) is 72.2 Å². The van der Waals surface area contributed by atoms with Crippen LogP contribution in [0, 0.1) is 0 Å². The molecule has 0 aromatic heterocycles. The van der Waals surface area contributed by atoms with Crippen molar-refractivity contribution >= 4 is 34.8 Å². The van der Waals surface area contributed by atoms with Crippen molar-refractivity contribution in [3.8, 4) is 0 Å². The third-order valence-electron chi connectivity index (χ3n) is 0.509. The molecule has 66 valence electrons. The van der Waals surface area contributed by atoms with E-state index in [9.17, 15) is 8.42 Å². The Bertz CT molecular complexity index is 147. The second-order valence-electron chi connectivity index (χ2n) is 1.46. The molecular formula is C3H12Cl2N2O2S. The monoisotopic (exact) mass is 210 g/mol. The lowest BCUT2D eigenvalue weighted by Crippen LogP contribution is -2.27. The zero-order chi connectivity index (χ0) is 6.62. The van der Waals surface area contributed by atoms with Gasteiger partial charge in [0.2, 0.25) is 10.0 Å². The molecule has 4 nitrogen and oxygen atoms in total. The number of rotatable bonds is 3. The van der Waals surface area contributed by atoms with Crippen molar-refractivity contribution < 1.29 is 8.42 Å². The summed E-state index contributed by atoms with van der Waals surface area (Å²) >= 11 is 0. The van der Waals surface area contributed by atoms with E-state index < -0.39 is 10.0 Å². The fraction of sp³-hybridized carbons (Fsp3) is 1.00. The summed E-state index contributed by atoms with van der Waals surface area (Å²) in [6.45, 7) is 0.659. The molecule has 0 unspecified atom stereocenters. The quantitative estimate of drug-likeness (QED) is 0.650. The highest BCUT2D eigenvalue weighted by molar-refractivity contribution is 7.88. The molecule has 0 aromatic rings. The first-order chi connectivity index (χ1) is 3.56. The van der Waals surface area contributed by atoms with Crippen LogP contribution in [0.1, 0.15) is 0 Å². The molecule has 3 N–H and O–H groups in total. The molecule has 0 rings (SSSR count). The summed E-state index contributed by atoms with van der Waals surface area (Å²) in [7, 11) is -3.02. The first kappa shape index (κ1) is 16.8. The van der Waals surface area contributed by atoms with Crippen LogP contribution in [0.3, 0.4) is 0 Å². The molecule has 0 radical (unpaired) electrons. The SMILES string of the molecule is CS(=O)(=O)NCCN.Cl.Cl. The number of nitrogens with one attached hydrogen (secondary N) is 1. The van der Waals surface area contributed by atoms with Gasteiger partial charge in [-0.3, -0.25) is 0 Å². The van der Waals surface area contributed by atoms with Crippen molar-refractivity contribution in [3.05, 3.63) is 0 Å². The van der Waals surface area contributed by atoms with E-state index in [2.05, 4.69) is 4.72 Å². The van der Waals surface area contributed by atoms with Crippen molar-refractivity contribution in [2.75, 3.05) is 19.3 Å². The van der Waals surface area contributed by atoms with Crippen LogP contribution in [0.5, 0.6) is 0 Å². The Labute approximate surface area is 73.4 Å². The zero-order valence-corrected chi connectivity index (χ0v) is 7.98. The second kappa shape index (κ2) is 7.56. The lowest BCUT2D eigenvalue weighted by atomic mass is 10.7. The van der Waals surface area contributed by atoms with Gasteiger partial charge in [0.25, 0.3) is 0 Å². The molecular weight excluding hydrogens is 199 g/mol. The van der Waals surface area contributed by atoms with Gasteiger partial charge in [0.05, 0.1) is 6.26 Å². The normalized spacial score (nSPS) is 9.40. The molecule has 0 bridgehead atoms. The number of hydrogen-bond donors (Lipinski definition) is 2. The lowest BCUT2D eigenvalue weighted by Gasteiger charge is -1.95. The first-order valence-electron chi connectivity index (χ1n) is 2.21. The number of hydrogen-bond acceptors (Lipinski definition) is 3. The standard InChI is InChI=1S/C3H10N2O2S.2ClH/c1-8(6,7)5-3-2-4;;/h5H,2-4H2,1H3;2*1H. The summed E-state index contributed by atoms with van der Waals surface area (Å²) in [5, 5.41) is 0. The first-order valence-corrected chi connectivity index (χ1v) is 4.10. The maximum atomic E-state index is 10.2. The molecule has 0 amide bonds. The minimum Gasteiger partial charge on any atom is -0.329 e. The third kappa shape index (κ3) is 15.8. The van der Waals surface area contributed by atoms with Gasteiger partial charge < -0.3 is 5.73 Å². The van der Waals surface area contributed by atoms with Crippen molar-refractivity contribution in [3.63, 3.8) is 0 Å². The van der Waals surface area contributed by atoms with Crippen LogP contribution in [-0.4, -0.2) is 27.8 Å². The van der Waals surface area contributed by atoms with E-state index in [0.717, 1.165) is 6.26 Å². The summed E-state index contributed by atoms with van der Waals surface area (Å²) < 4.78 is 22.7. The van der Waals surface area contributed by atoms with Crippen LogP contribution in [0.4, 0.5) is 0 Å². The Morgan fingerprint density at radius 2 is 1.80 bits per heavy atom. The van der Waals surface area contributed by atoms with Gasteiger partial charge in [-0.1, -0.05) is 0 Å². The lowest BCUT2D eigenvalue weighted by molar-refractivity contribution is 0.588. The molecule has 7 heteroatoms. The van der Waals surface area contributed by atoms with E-state index in [1.54, 1.807) is 0 Å². The Kier molecular flexibility index (Phi) is 12.7. The second-order valence-corrected chi connectivity index (χ2v) is 3.29. The van der Waals surface area contributed by atoms with Crippen LogP contribution in [0.25, 0.3) is 0 Å². The van der Waals surface area contributed by atoms with E-state index >= 15 is 0 Å². The molecule has 0 saturated carbocycles. The summed E-state index contributed by atoms with van der Waals surface area (Å²) in [5.74, 6) is 0. The largest absolute Gasteiger partial charge is 0.329 e. The van der Waals surface area contributed by atoms with E-state index in [1.165, 1.54) is 0 Å². The molecule has 0 heterocycles. The summed E-state index contributed by atoms with van der Waals surface area (Å²) in [6.07, 6.45) is 1.10. The molecule has 0 aliphatic rings. The van der Waals surface area contributed by atoms with E-state index in [0.29, 0.717) is 13.1 Å². The number of nitrogens with two attached hydrogens (primary N) is 1. The van der Waals surface area contributed by atoms with Gasteiger partial charge in [-0.15, -0.1) is 24.8 Å². The average molecular weight is 211 g/mol. The smallest absolute Gasteiger partial charge is 0.208 e. The molecule has 0 spiro atoms. The van der Waals surface area contributed by atoms with E-state index in [1.807, 2.05) is 0 Å². The predicted octanol–water partition coefficient (Wildman–Crippen LogP) is -0.662. The Morgan fingerprint density at radius 3 is 1.90 bits per heavy atom. The van der Waals surface area contributed by atoms with Crippen molar-refractivity contribution in [2.24, 2.45) is 5.73 Å². The Hall–Kier alpha value is 0.450. The Morgan fingerprint density at radius 1 is 1.40 bits per heavy atom. The highest BCUT2D eigenvalue weighted by atomic mass is 35.5. The van der Waals surface area contributed by atoms with Crippen molar-refractivity contribution in [1.82, 2.24) is 4.72 Å². The van der Waals surface area contributed by atoms with Gasteiger partial charge in [0, 0.05) is 13.1 Å². The summed E-state index contributed by atoms with van der Waals surface area (Å²) in [5.41, 5.74) is 5.01. The predicted molar refractivity (Wildman–Crippen MR) is 46.4 cm³/mol. The highest BCUT2D eigenvalue weighted by Crippen LogP contribution is 1.68.